The Morgan fingerprint density at radius 3 is 2.23 bits per heavy atom. The largest absolute Gasteiger partial charge is 0.370 e. The van der Waals surface area contributed by atoms with Crippen molar-refractivity contribution in [3.8, 4) is 0 Å². The fourth-order valence-electron chi connectivity index (χ4n) is 3.74. The number of amides is 3. The van der Waals surface area contributed by atoms with Gasteiger partial charge in [-0.2, -0.15) is 0 Å². The first kappa shape index (κ1) is 22.5. The van der Waals surface area contributed by atoms with Gasteiger partial charge in [0.2, 0.25) is 17.7 Å². The Morgan fingerprint density at radius 2 is 1.58 bits per heavy atom. The second-order valence-electron chi connectivity index (χ2n) is 7.86. The Bertz CT molecular complexity index is 908. The first-order valence-corrected chi connectivity index (χ1v) is 10.6. The maximum Gasteiger partial charge on any atom is 0.241 e. The van der Waals surface area contributed by atoms with Crippen LogP contribution < -0.4 is 10.6 Å². The average molecular weight is 423 g/mol. The van der Waals surface area contributed by atoms with E-state index >= 15 is 0 Å². The normalized spacial score (nSPS) is 14.3. The number of hydrogen-bond acceptors (Lipinski definition) is 4. The molecule has 3 amide bonds. The molecule has 7 nitrogen and oxygen atoms in total. The van der Waals surface area contributed by atoms with Gasteiger partial charge >= 0.3 is 0 Å². The minimum atomic E-state index is -0.436. The molecule has 1 saturated heterocycles. The minimum absolute atomic E-state index is 0.0767. The number of para-hydroxylation sites is 1. The van der Waals surface area contributed by atoms with Crippen molar-refractivity contribution < 1.29 is 14.4 Å². The lowest BCUT2D eigenvalue weighted by Gasteiger charge is -2.35. The number of nitrogens with zero attached hydrogens (tertiary/aromatic N) is 3. The van der Waals surface area contributed by atoms with E-state index in [0.29, 0.717) is 32.6 Å². The van der Waals surface area contributed by atoms with E-state index in [4.69, 9.17) is 5.73 Å². The van der Waals surface area contributed by atoms with E-state index in [0.717, 1.165) is 16.8 Å². The van der Waals surface area contributed by atoms with E-state index < -0.39 is 5.91 Å². The molecule has 1 aliphatic rings. The average Bonchev–Trinajstić information content (AvgIpc) is 2.76. The van der Waals surface area contributed by atoms with Gasteiger partial charge in [-0.3, -0.25) is 19.3 Å². The van der Waals surface area contributed by atoms with E-state index in [-0.39, 0.29) is 31.3 Å². The molecule has 1 fully saturated rings. The van der Waals surface area contributed by atoms with Crippen molar-refractivity contribution in [1.82, 2.24) is 9.80 Å². The number of piperazine rings is 1. The summed E-state index contributed by atoms with van der Waals surface area (Å²) in [4.78, 5) is 42.4. The van der Waals surface area contributed by atoms with Crippen LogP contribution in [-0.4, -0.2) is 66.8 Å². The molecule has 1 heterocycles. The summed E-state index contributed by atoms with van der Waals surface area (Å²) >= 11 is 0. The Labute approximate surface area is 183 Å². The summed E-state index contributed by atoms with van der Waals surface area (Å²) in [5.41, 5.74) is 8.21. The molecule has 0 atom stereocenters. The first-order valence-electron chi connectivity index (χ1n) is 10.6. The van der Waals surface area contributed by atoms with Gasteiger partial charge in [-0.15, -0.1) is 0 Å². The highest BCUT2D eigenvalue weighted by Crippen LogP contribution is 2.15. The van der Waals surface area contributed by atoms with Crippen LogP contribution in [0.25, 0.3) is 0 Å². The van der Waals surface area contributed by atoms with E-state index in [1.807, 2.05) is 66.4 Å². The molecule has 0 radical (unpaired) electrons. The molecule has 2 aromatic carbocycles. The van der Waals surface area contributed by atoms with Crippen molar-refractivity contribution >= 4 is 23.4 Å². The highest BCUT2D eigenvalue weighted by atomic mass is 16.2. The Balaban J connectivity index is 1.54. The lowest BCUT2D eigenvalue weighted by atomic mass is 10.1. The number of carbonyl (C=O) groups excluding carboxylic acids is 3. The summed E-state index contributed by atoms with van der Waals surface area (Å²) in [6.07, 6.45) is 0.516. The highest BCUT2D eigenvalue weighted by Gasteiger charge is 2.25. The molecular weight excluding hydrogens is 392 g/mol. The fraction of sp³-hybridized carbons (Fsp3) is 0.375. The van der Waals surface area contributed by atoms with Crippen LogP contribution in [0.4, 0.5) is 5.69 Å². The molecule has 2 N–H and O–H groups in total. The number of aryl methyl sites for hydroxylation is 1. The fourth-order valence-corrected chi connectivity index (χ4v) is 3.74. The molecule has 0 aromatic heterocycles. The van der Waals surface area contributed by atoms with E-state index in [2.05, 4.69) is 4.90 Å². The van der Waals surface area contributed by atoms with E-state index in [1.165, 1.54) is 0 Å². The van der Waals surface area contributed by atoms with Gasteiger partial charge in [-0.1, -0.05) is 42.5 Å². The maximum atomic E-state index is 13.0. The van der Waals surface area contributed by atoms with Crippen molar-refractivity contribution in [3.05, 3.63) is 65.7 Å². The van der Waals surface area contributed by atoms with Gasteiger partial charge in [0.25, 0.3) is 0 Å². The zero-order chi connectivity index (χ0) is 22.2. The second kappa shape index (κ2) is 10.7. The summed E-state index contributed by atoms with van der Waals surface area (Å²) in [7, 11) is 0. The number of hydrogen-bond donors (Lipinski definition) is 1. The molecule has 164 valence electrons. The molecule has 0 bridgehead atoms. The molecule has 0 spiro atoms. The standard InChI is InChI=1S/C24H30N4O3/c1-19-7-5-6-8-20(19)17-23(30)27-15-13-26(14-16-27)18-24(31)28(12-11-22(25)29)21-9-3-2-4-10-21/h2-10H,11-18H2,1H3,(H2,25,29). The molecular formula is C24H30N4O3. The first-order chi connectivity index (χ1) is 14.9. The zero-order valence-electron chi connectivity index (χ0n) is 18.0. The molecule has 7 heteroatoms. The van der Waals surface area contributed by atoms with Crippen LogP contribution in [0.1, 0.15) is 17.5 Å². The van der Waals surface area contributed by atoms with Crippen molar-refractivity contribution in [3.63, 3.8) is 0 Å². The molecule has 0 saturated carbocycles. The van der Waals surface area contributed by atoms with Gasteiger partial charge < -0.3 is 15.5 Å². The summed E-state index contributed by atoms with van der Waals surface area (Å²) in [5.74, 6) is -0.394. The molecule has 0 unspecified atom stereocenters. The number of anilines is 1. The summed E-state index contributed by atoms with van der Waals surface area (Å²) < 4.78 is 0. The molecule has 3 rings (SSSR count). The Kier molecular flexibility index (Phi) is 7.78. The number of rotatable bonds is 8. The third-order valence-corrected chi connectivity index (χ3v) is 5.64. The van der Waals surface area contributed by atoms with Crippen molar-refractivity contribution in [1.29, 1.82) is 0 Å². The van der Waals surface area contributed by atoms with Gasteiger partial charge in [0, 0.05) is 44.8 Å². The monoisotopic (exact) mass is 422 g/mol. The van der Waals surface area contributed by atoms with Crippen LogP contribution in [0.3, 0.4) is 0 Å². The van der Waals surface area contributed by atoms with E-state index in [9.17, 15) is 14.4 Å². The second-order valence-corrected chi connectivity index (χ2v) is 7.86. The van der Waals surface area contributed by atoms with Gasteiger partial charge in [0.05, 0.1) is 13.0 Å². The zero-order valence-corrected chi connectivity index (χ0v) is 18.0. The lowest BCUT2D eigenvalue weighted by molar-refractivity contribution is -0.132. The van der Waals surface area contributed by atoms with Gasteiger partial charge in [-0.25, -0.2) is 0 Å². The number of primary amides is 1. The SMILES string of the molecule is Cc1ccccc1CC(=O)N1CCN(CC(=O)N(CCC(N)=O)c2ccccc2)CC1. The van der Waals surface area contributed by atoms with Crippen molar-refractivity contribution in [2.45, 2.75) is 19.8 Å². The van der Waals surface area contributed by atoms with E-state index in [1.54, 1.807) is 4.90 Å². The van der Waals surface area contributed by atoms with Gasteiger partial charge in [0.15, 0.2) is 0 Å². The quantitative estimate of drug-likeness (QED) is 0.700. The van der Waals surface area contributed by atoms with Crippen molar-refractivity contribution in [2.75, 3.05) is 44.2 Å². The van der Waals surface area contributed by atoms with Crippen LogP contribution in [0.15, 0.2) is 54.6 Å². The smallest absolute Gasteiger partial charge is 0.241 e. The predicted molar refractivity (Wildman–Crippen MR) is 121 cm³/mol. The Morgan fingerprint density at radius 1 is 0.935 bits per heavy atom. The van der Waals surface area contributed by atoms with Crippen LogP contribution in [-0.2, 0) is 20.8 Å². The third-order valence-electron chi connectivity index (χ3n) is 5.64. The minimum Gasteiger partial charge on any atom is -0.370 e. The third kappa shape index (κ3) is 6.39. The maximum absolute atomic E-state index is 13.0. The Hall–Kier alpha value is -3.19. The van der Waals surface area contributed by atoms with Crippen LogP contribution in [0.2, 0.25) is 0 Å². The summed E-state index contributed by atoms with van der Waals surface area (Å²) in [6.45, 7) is 5.01. The molecule has 0 aliphatic carbocycles. The molecule has 2 aromatic rings. The number of carbonyl (C=O) groups is 3. The molecule has 1 aliphatic heterocycles. The highest BCUT2D eigenvalue weighted by molar-refractivity contribution is 5.95. The van der Waals surface area contributed by atoms with Crippen LogP contribution in [0.5, 0.6) is 0 Å². The summed E-state index contributed by atoms with van der Waals surface area (Å²) in [6, 6.07) is 17.2. The summed E-state index contributed by atoms with van der Waals surface area (Å²) in [5, 5.41) is 0. The number of benzene rings is 2. The predicted octanol–water partition coefficient (Wildman–Crippen LogP) is 1.59. The lowest BCUT2D eigenvalue weighted by Crippen LogP contribution is -2.52. The van der Waals surface area contributed by atoms with Crippen LogP contribution in [0, 0.1) is 6.92 Å². The number of nitrogens with two attached hydrogens (primary N) is 1. The van der Waals surface area contributed by atoms with Gasteiger partial charge in [-0.05, 0) is 30.2 Å². The topological polar surface area (TPSA) is 87.0 Å². The molecule has 31 heavy (non-hydrogen) atoms. The van der Waals surface area contributed by atoms with Crippen molar-refractivity contribution in [2.24, 2.45) is 5.73 Å². The van der Waals surface area contributed by atoms with Crippen LogP contribution >= 0.6 is 0 Å². The van der Waals surface area contributed by atoms with Gasteiger partial charge in [0.1, 0.15) is 0 Å².